The van der Waals surface area contributed by atoms with Crippen molar-refractivity contribution in [3.63, 3.8) is 0 Å². The van der Waals surface area contributed by atoms with Crippen molar-refractivity contribution >= 4 is 29.6 Å². The lowest BCUT2D eigenvalue weighted by Crippen LogP contribution is -2.48. The number of hydrazone groups is 1. The summed E-state index contributed by atoms with van der Waals surface area (Å²) in [5.41, 5.74) is 2.90. The van der Waals surface area contributed by atoms with E-state index in [2.05, 4.69) is 15.8 Å². The first-order valence-corrected chi connectivity index (χ1v) is 8.40. The second-order valence-corrected chi connectivity index (χ2v) is 6.34. The Bertz CT molecular complexity index is 824. The van der Waals surface area contributed by atoms with Crippen LogP contribution in [-0.4, -0.2) is 24.1 Å². The number of hydrogen-bond acceptors (Lipinski definition) is 3. The van der Waals surface area contributed by atoms with Gasteiger partial charge in [0, 0.05) is 10.6 Å². The van der Waals surface area contributed by atoms with E-state index >= 15 is 0 Å². The molecule has 0 heterocycles. The predicted octanol–water partition coefficient (Wildman–Crippen LogP) is 3.38. The summed E-state index contributed by atoms with van der Waals surface area (Å²) in [5, 5.41) is 6.91. The van der Waals surface area contributed by atoms with E-state index in [-0.39, 0.29) is 11.5 Å². The van der Waals surface area contributed by atoms with E-state index in [1.54, 1.807) is 44.2 Å². The summed E-state index contributed by atoms with van der Waals surface area (Å²) < 4.78 is 13.7. The molecule has 0 aliphatic rings. The molecule has 2 amide bonds. The average molecular weight is 376 g/mol. The van der Waals surface area contributed by atoms with Crippen molar-refractivity contribution in [2.75, 3.05) is 0 Å². The molecule has 0 fully saturated rings. The summed E-state index contributed by atoms with van der Waals surface area (Å²) in [7, 11) is 0. The summed E-state index contributed by atoms with van der Waals surface area (Å²) in [6.45, 7) is 3.54. The summed E-state index contributed by atoms with van der Waals surface area (Å²) >= 11 is 6.01. The Balaban J connectivity index is 2.05. The molecule has 1 unspecified atom stereocenters. The zero-order chi connectivity index (χ0) is 19.1. The summed E-state index contributed by atoms with van der Waals surface area (Å²) in [4.78, 5) is 24.6. The number of benzene rings is 2. The number of halogens is 2. The Morgan fingerprint density at radius 2 is 1.77 bits per heavy atom. The molecule has 0 radical (unpaired) electrons. The van der Waals surface area contributed by atoms with E-state index in [1.807, 2.05) is 0 Å². The monoisotopic (exact) mass is 375 g/mol. The van der Waals surface area contributed by atoms with Gasteiger partial charge in [-0.25, -0.2) is 9.82 Å². The van der Waals surface area contributed by atoms with Crippen LogP contribution in [0.2, 0.25) is 5.02 Å². The topological polar surface area (TPSA) is 70.6 Å². The minimum atomic E-state index is -0.870. The molecule has 1 atom stereocenters. The fourth-order valence-electron chi connectivity index (χ4n) is 2.21. The predicted molar refractivity (Wildman–Crippen MR) is 99.7 cm³/mol. The third-order valence-corrected chi connectivity index (χ3v) is 3.98. The maximum Gasteiger partial charge on any atom is 0.262 e. The SMILES string of the molecule is CC(C)C(NC(=O)c1ccccc1F)C(=O)N/N=C/c1ccccc1Cl. The van der Waals surface area contributed by atoms with Gasteiger partial charge in [-0.15, -0.1) is 0 Å². The Morgan fingerprint density at radius 3 is 2.42 bits per heavy atom. The van der Waals surface area contributed by atoms with E-state index in [4.69, 9.17) is 11.6 Å². The van der Waals surface area contributed by atoms with Gasteiger partial charge in [-0.3, -0.25) is 9.59 Å². The van der Waals surface area contributed by atoms with Gasteiger partial charge < -0.3 is 5.32 Å². The molecule has 0 saturated heterocycles. The maximum absolute atomic E-state index is 13.7. The second kappa shape index (κ2) is 9.10. The number of carbonyl (C=O) groups excluding carboxylic acids is 2. The van der Waals surface area contributed by atoms with Gasteiger partial charge in [-0.2, -0.15) is 5.10 Å². The molecule has 2 aromatic rings. The van der Waals surface area contributed by atoms with E-state index in [0.29, 0.717) is 10.6 Å². The first kappa shape index (κ1) is 19.6. The van der Waals surface area contributed by atoms with E-state index in [1.165, 1.54) is 24.4 Å². The number of nitrogens with zero attached hydrogens (tertiary/aromatic N) is 1. The quantitative estimate of drug-likeness (QED) is 0.600. The van der Waals surface area contributed by atoms with Crippen molar-refractivity contribution in [2.45, 2.75) is 19.9 Å². The lowest BCUT2D eigenvalue weighted by Gasteiger charge is -2.20. The largest absolute Gasteiger partial charge is 0.340 e. The van der Waals surface area contributed by atoms with Gasteiger partial charge in [-0.05, 0) is 24.1 Å². The fourth-order valence-corrected chi connectivity index (χ4v) is 2.40. The zero-order valence-electron chi connectivity index (χ0n) is 14.4. The normalized spacial score (nSPS) is 12.2. The molecule has 136 valence electrons. The van der Waals surface area contributed by atoms with Gasteiger partial charge in [0.05, 0.1) is 11.8 Å². The van der Waals surface area contributed by atoms with Crippen LogP contribution < -0.4 is 10.7 Å². The van der Waals surface area contributed by atoms with Crippen molar-refractivity contribution in [3.05, 3.63) is 70.5 Å². The van der Waals surface area contributed by atoms with Crippen LogP contribution in [-0.2, 0) is 4.79 Å². The molecule has 7 heteroatoms. The highest BCUT2D eigenvalue weighted by atomic mass is 35.5. The lowest BCUT2D eigenvalue weighted by atomic mass is 10.0. The van der Waals surface area contributed by atoms with Crippen LogP contribution >= 0.6 is 11.6 Å². The van der Waals surface area contributed by atoms with Gasteiger partial charge in [-0.1, -0.05) is 55.8 Å². The Labute approximate surface area is 156 Å². The van der Waals surface area contributed by atoms with Crippen LogP contribution in [0, 0.1) is 11.7 Å². The molecular weight excluding hydrogens is 357 g/mol. The molecular formula is C19H19ClFN3O2. The molecule has 2 N–H and O–H groups in total. The first-order chi connectivity index (χ1) is 12.4. The van der Waals surface area contributed by atoms with Crippen LogP contribution in [0.4, 0.5) is 4.39 Å². The van der Waals surface area contributed by atoms with Crippen LogP contribution in [0.1, 0.15) is 29.8 Å². The van der Waals surface area contributed by atoms with Crippen molar-refractivity contribution in [2.24, 2.45) is 11.0 Å². The minimum absolute atomic E-state index is 0.120. The molecule has 26 heavy (non-hydrogen) atoms. The molecule has 0 aliphatic carbocycles. The summed E-state index contributed by atoms with van der Waals surface area (Å²) in [6, 6.07) is 11.7. The third-order valence-electron chi connectivity index (χ3n) is 3.64. The van der Waals surface area contributed by atoms with Crippen LogP contribution in [0.3, 0.4) is 0 Å². The zero-order valence-corrected chi connectivity index (χ0v) is 15.1. The standard InChI is InChI=1S/C19H19ClFN3O2/c1-12(2)17(23-18(25)14-8-4-6-10-16(14)21)19(26)24-22-11-13-7-3-5-9-15(13)20/h3-12,17H,1-2H3,(H,23,25)(H,24,26)/b22-11+. The van der Waals surface area contributed by atoms with Crippen molar-refractivity contribution in [1.82, 2.24) is 10.7 Å². The molecule has 5 nitrogen and oxygen atoms in total. The van der Waals surface area contributed by atoms with Gasteiger partial charge in [0.2, 0.25) is 0 Å². The average Bonchev–Trinajstić information content (AvgIpc) is 2.61. The number of amides is 2. The van der Waals surface area contributed by atoms with E-state index in [9.17, 15) is 14.0 Å². The molecule has 0 saturated carbocycles. The highest BCUT2D eigenvalue weighted by molar-refractivity contribution is 6.33. The Morgan fingerprint density at radius 1 is 1.12 bits per heavy atom. The molecule has 0 spiro atoms. The van der Waals surface area contributed by atoms with Gasteiger partial charge in [0.1, 0.15) is 11.9 Å². The smallest absolute Gasteiger partial charge is 0.262 e. The van der Waals surface area contributed by atoms with Gasteiger partial charge in [0.25, 0.3) is 11.8 Å². The molecule has 0 bridgehead atoms. The lowest BCUT2D eigenvalue weighted by molar-refractivity contribution is -0.123. The fraction of sp³-hybridized carbons (Fsp3) is 0.211. The Hall–Kier alpha value is -2.73. The second-order valence-electron chi connectivity index (χ2n) is 5.93. The van der Waals surface area contributed by atoms with Crippen LogP contribution in [0.5, 0.6) is 0 Å². The summed E-state index contributed by atoms with van der Waals surface area (Å²) in [5.74, 6) is -2.04. The highest BCUT2D eigenvalue weighted by Gasteiger charge is 2.25. The highest BCUT2D eigenvalue weighted by Crippen LogP contribution is 2.12. The molecule has 2 rings (SSSR count). The van der Waals surface area contributed by atoms with Gasteiger partial charge in [0.15, 0.2) is 0 Å². The van der Waals surface area contributed by atoms with Gasteiger partial charge >= 0.3 is 0 Å². The van der Waals surface area contributed by atoms with Crippen molar-refractivity contribution in [3.8, 4) is 0 Å². The van der Waals surface area contributed by atoms with Crippen molar-refractivity contribution < 1.29 is 14.0 Å². The third kappa shape index (κ3) is 5.13. The first-order valence-electron chi connectivity index (χ1n) is 8.03. The molecule has 0 aromatic heterocycles. The maximum atomic E-state index is 13.7. The van der Waals surface area contributed by atoms with E-state index < -0.39 is 23.7 Å². The number of carbonyl (C=O) groups is 2. The van der Waals surface area contributed by atoms with E-state index in [0.717, 1.165) is 0 Å². The number of hydrogen-bond donors (Lipinski definition) is 2. The number of rotatable bonds is 6. The summed E-state index contributed by atoms with van der Waals surface area (Å²) in [6.07, 6.45) is 1.41. The number of nitrogens with one attached hydrogen (secondary N) is 2. The molecule has 0 aliphatic heterocycles. The van der Waals surface area contributed by atoms with Crippen LogP contribution in [0.15, 0.2) is 53.6 Å². The Kier molecular flexibility index (Phi) is 6.86. The van der Waals surface area contributed by atoms with Crippen molar-refractivity contribution in [1.29, 1.82) is 0 Å². The minimum Gasteiger partial charge on any atom is -0.340 e. The van der Waals surface area contributed by atoms with Crippen LogP contribution in [0.25, 0.3) is 0 Å². The molecule has 2 aromatic carbocycles.